The van der Waals surface area contributed by atoms with E-state index in [9.17, 15) is 18.4 Å². The van der Waals surface area contributed by atoms with Crippen LogP contribution >= 0.6 is 0 Å². The molecule has 4 rings (SSSR count). The molecule has 10 heteroatoms. The molecule has 2 heterocycles. The summed E-state index contributed by atoms with van der Waals surface area (Å²) < 4.78 is 40.6. The maximum absolute atomic E-state index is 13.1. The summed E-state index contributed by atoms with van der Waals surface area (Å²) in [6.45, 7) is 0. The molecular weight excluding hydrogens is 371 g/mol. The van der Waals surface area contributed by atoms with Gasteiger partial charge in [0.05, 0.1) is 29.1 Å². The Kier molecular flexibility index (Phi) is 4.04. The van der Waals surface area contributed by atoms with Crippen LogP contribution in [0.1, 0.15) is 29.7 Å². The molecule has 7 nitrogen and oxygen atoms in total. The predicted octanol–water partition coefficient (Wildman–Crippen LogP) is 3.81. The fraction of sp³-hybridized carbons (Fsp3) is 0.222. The standard InChI is InChI=1S/C18H12F3N7/c19-18(20,21)11-3-10(7-22)4-13(5-11)26-16-6-15(25-12-1-2-12)17-24-9-14(8-23)28(17)27-16/h3-6,9,12,25H,1-2H2,(H,26,27). The third kappa shape index (κ3) is 3.40. The molecule has 0 saturated heterocycles. The molecule has 0 unspecified atom stereocenters. The van der Waals surface area contributed by atoms with Crippen molar-refractivity contribution >= 4 is 22.8 Å². The Hall–Kier alpha value is -3.79. The first-order chi connectivity index (χ1) is 13.4. The highest BCUT2D eigenvalue weighted by Crippen LogP contribution is 2.33. The Balaban J connectivity index is 1.77. The van der Waals surface area contributed by atoms with Gasteiger partial charge in [0.15, 0.2) is 17.2 Å². The maximum Gasteiger partial charge on any atom is 0.416 e. The van der Waals surface area contributed by atoms with E-state index in [0.717, 1.165) is 25.0 Å². The number of halogens is 3. The van der Waals surface area contributed by atoms with Gasteiger partial charge < -0.3 is 10.6 Å². The van der Waals surface area contributed by atoms with E-state index in [1.54, 1.807) is 12.1 Å². The van der Waals surface area contributed by atoms with Gasteiger partial charge in [-0.05, 0) is 31.0 Å². The Labute approximate surface area is 157 Å². The highest BCUT2D eigenvalue weighted by Gasteiger charge is 2.31. The van der Waals surface area contributed by atoms with Gasteiger partial charge in [0.1, 0.15) is 6.07 Å². The summed E-state index contributed by atoms with van der Waals surface area (Å²) in [6.07, 6.45) is -1.20. The summed E-state index contributed by atoms with van der Waals surface area (Å²) >= 11 is 0. The number of nitrogens with one attached hydrogen (secondary N) is 2. The quantitative estimate of drug-likeness (QED) is 0.710. The lowest BCUT2D eigenvalue weighted by Crippen LogP contribution is -2.09. The van der Waals surface area contributed by atoms with E-state index in [2.05, 4.69) is 20.7 Å². The zero-order chi connectivity index (χ0) is 19.9. The third-order valence-electron chi connectivity index (χ3n) is 4.18. The number of hydrogen-bond acceptors (Lipinski definition) is 6. The molecule has 0 atom stereocenters. The molecule has 1 aromatic carbocycles. The Morgan fingerprint density at radius 1 is 1.11 bits per heavy atom. The summed E-state index contributed by atoms with van der Waals surface area (Å²) in [7, 11) is 0. The normalized spacial score (nSPS) is 13.8. The second-order valence-corrected chi connectivity index (χ2v) is 6.39. The molecule has 0 aliphatic heterocycles. The van der Waals surface area contributed by atoms with Crippen molar-refractivity contribution in [2.24, 2.45) is 0 Å². The molecule has 3 aromatic rings. The fourth-order valence-corrected chi connectivity index (χ4v) is 2.74. The molecular formula is C18H12F3N7. The lowest BCUT2D eigenvalue weighted by molar-refractivity contribution is -0.137. The number of nitriles is 2. The average Bonchev–Trinajstić information content (AvgIpc) is 3.37. The van der Waals surface area contributed by atoms with Gasteiger partial charge in [0, 0.05) is 17.8 Å². The van der Waals surface area contributed by atoms with Crippen LogP contribution in [0.3, 0.4) is 0 Å². The Morgan fingerprint density at radius 3 is 2.54 bits per heavy atom. The van der Waals surface area contributed by atoms with Crippen molar-refractivity contribution in [2.75, 3.05) is 10.6 Å². The molecule has 140 valence electrons. The molecule has 0 bridgehead atoms. The first kappa shape index (κ1) is 17.6. The monoisotopic (exact) mass is 383 g/mol. The highest BCUT2D eigenvalue weighted by molar-refractivity contribution is 5.74. The minimum Gasteiger partial charge on any atom is -0.379 e. The summed E-state index contributed by atoms with van der Waals surface area (Å²) in [5.41, 5.74) is 0.264. The third-order valence-corrected chi connectivity index (χ3v) is 4.18. The number of nitrogens with zero attached hydrogens (tertiary/aromatic N) is 5. The van der Waals surface area contributed by atoms with Crippen molar-refractivity contribution in [3.8, 4) is 12.1 Å². The minimum atomic E-state index is -4.59. The van der Waals surface area contributed by atoms with Crippen LogP contribution < -0.4 is 10.6 Å². The van der Waals surface area contributed by atoms with Gasteiger partial charge in [-0.1, -0.05) is 0 Å². The van der Waals surface area contributed by atoms with E-state index in [4.69, 9.17) is 5.26 Å². The summed E-state index contributed by atoms with van der Waals surface area (Å²) in [5.74, 6) is 0.216. The first-order valence-electron chi connectivity index (χ1n) is 8.32. The minimum absolute atomic E-state index is 0.0641. The van der Waals surface area contributed by atoms with Gasteiger partial charge in [0.2, 0.25) is 0 Å². The molecule has 2 N–H and O–H groups in total. The van der Waals surface area contributed by atoms with E-state index in [-0.39, 0.29) is 22.8 Å². The number of alkyl halides is 3. The highest BCUT2D eigenvalue weighted by atomic mass is 19.4. The molecule has 1 fully saturated rings. The first-order valence-corrected chi connectivity index (χ1v) is 8.32. The zero-order valence-electron chi connectivity index (χ0n) is 14.2. The summed E-state index contributed by atoms with van der Waals surface area (Å²) in [5, 5.41) is 28.6. The van der Waals surface area contributed by atoms with Crippen molar-refractivity contribution in [3.05, 3.63) is 47.3 Å². The molecule has 0 spiro atoms. The van der Waals surface area contributed by atoms with Crippen LogP contribution in [0, 0.1) is 22.7 Å². The summed E-state index contributed by atoms with van der Waals surface area (Å²) in [6, 6.07) is 8.60. The second-order valence-electron chi connectivity index (χ2n) is 6.39. The van der Waals surface area contributed by atoms with Crippen LogP contribution in [0.5, 0.6) is 0 Å². The largest absolute Gasteiger partial charge is 0.416 e. The van der Waals surface area contributed by atoms with Crippen molar-refractivity contribution in [2.45, 2.75) is 25.1 Å². The van der Waals surface area contributed by atoms with Gasteiger partial charge in [-0.2, -0.15) is 28.2 Å². The van der Waals surface area contributed by atoms with Crippen LogP contribution in [0.15, 0.2) is 30.5 Å². The van der Waals surface area contributed by atoms with E-state index in [1.165, 1.54) is 16.8 Å². The number of rotatable bonds is 4. The number of hydrogen-bond donors (Lipinski definition) is 2. The number of anilines is 3. The molecule has 2 aromatic heterocycles. The van der Waals surface area contributed by atoms with Crippen molar-refractivity contribution < 1.29 is 13.2 Å². The van der Waals surface area contributed by atoms with Crippen LogP contribution in [-0.4, -0.2) is 20.6 Å². The van der Waals surface area contributed by atoms with Gasteiger partial charge in [-0.25, -0.2) is 4.98 Å². The maximum atomic E-state index is 13.1. The van der Waals surface area contributed by atoms with Crippen LogP contribution in [0.2, 0.25) is 0 Å². The Morgan fingerprint density at radius 2 is 1.89 bits per heavy atom. The van der Waals surface area contributed by atoms with Crippen LogP contribution in [-0.2, 0) is 6.18 Å². The van der Waals surface area contributed by atoms with Crippen molar-refractivity contribution in [3.63, 3.8) is 0 Å². The van der Waals surface area contributed by atoms with Gasteiger partial charge in [0.25, 0.3) is 0 Å². The van der Waals surface area contributed by atoms with Crippen LogP contribution in [0.25, 0.3) is 5.65 Å². The lowest BCUT2D eigenvalue weighted by atomic mass is 10.1. The van der Waals surface area contributed by atoms with Gasteiger partial charge in [-0.15, -0.1) is 5.10 Å². The van der Waals surface area contributed by atoms with Gasteiger partial charge >= 0.3 is 6.18 Å². The molecule has 1 aliphatic rings. The number of aromatic nitrogens is 3. The van der Waals surface area contributed by atoms with E-state index >= 15 is 0 Å². The number of fused-ring (bicyclic) bond motifs is 1. The second kappa shape index (κ2) is 6.43. The SMILES string of the molecule is N#Cc1cc(Nc2cc(NC3CC3)c3ncc(C#N)n3n2)cc(C(F)(F)F)c1. The smallest absolute Gasteiger partial charge is 0.379 e. The van der Waals surface area contributed by atoms with Crippen molar-refractivity contribution in [1.29, 1.82) is 10.5 Å². The van der Waals surface area contributed by atoms with Gasteiger partial charge in [-0.3, -0.25) is 0 Å². The number of imidazole rings is 1. The van der Waals surface area contributed by atoms with Crippen molar-refractivity contribution in [1.82, 2.24) is 14.6 Å². The topological polar surface area (TPSA) is 102 Å². The summed E-state index contributed by atoms with van der Waals surface area (Å²) in [4.78, 5) is 4.19. The van der Waals surface area contributed by atoms with Crippen LogP contribution in [0.4, 0.5) is 30.4 Å². The zero-order valence-corrected chi connectivity index (χ0v) is 14.2. The van der Waals surface area contributed by atoms with E-state index in [1.807, 2.05) is 6.07 Å². The molecule has 28 heavy (non-hydrogen) atoms. The molecule has 0 radical (unpaired) electrons. The average molecular weight is 383 g/mol. The number of benzene rings is 1. The lowest BCUT2D eigenvalue weighted by Gasteiger charge is -2.13. The van der Waals surface area contributed by atoms with E-state index in [0.29, 0.717) is 17.4 Å². The molecule has 0 amide bonds. The fourth-order valence-electron chi connectivity index (χ4n) is 2.74. The molecule has 1 aliphatic carbocycles. The molecule has 1 saturated carbocycles. The van der Waals surface area contributed by atoms with E-state index < -0.39 is 11.7 Å². The predicted molar refractivity (Wildman–Crippen MR) is 93.8 cm³/mol. The Bertz CT molecular complexity index is 1150.